The zero-order chi connectivity index (χ0) is 15.2. The Morgan fingerprint density at radius 1 is 1.19 bits per heavy atom. The summed E-state index contributed by atoms with van der Waals surface area (Å²) in [6.45, 7) is 8.77. The molecule has 0 saturated carbocycles. The molecule has 0 amide bonds. The number of hydrogen-bond acceptors (Lipinski definition) is 6. The highest BCUT2D eigenvalue weighted by atomic mass is 79.9. The van der Waals surface area contributed by atoms with E-state index in [1.165, 1.54) is 0 Å². The molecule has 0 aliphatic rings. The largest absolute Gasteiger partial charge is 0.354 e. The van der Waals surface area contributed by atoms with Gasteiger partial charge in [0.15, 0.2) is 0 Å². The summed E-state index contributed by atoms with van der Waals surface area (Å²) in [4.78, 5) is 15.5. The molecule has 8 heteroatoms. The van der Waals surface area contributed by atoms with Crippen LogP contribution in [0.15, 0.2) is 16.9 Å². The van der Waals surface area contributed by atoms with Gasteiger partial charge in [0.2, 0.25) is 11.9 Å². The first-order chi connectivity index (χ1) is 10.2. The molecule has 0 aliphatic carbocycles. The minimum atomic E-state index is 0.510. The van der Waals surface area contributed by atoms with E-state index in [2.05, 4.69) is 67.0 Å². The van der Waals surface area contributed by atoms with Crippen molar-refractivity contribution in [1.82, 2.24) is 24.7 Å². The van der Waals surface area contributed by atoms with E-state index < -0.39 is 0 Å². The molecule has 7 nitrogen and oxygen atoms in total. The van der Waals surface area contributed by atoms with E-state index in [9.17, 15) is 0 Å². The van der Waals surface area contributed by atoms with Crippen LogP contribution in [0.5, 0.6) is 0 Å². The molecule has 0 aliphatic heterocycles. The summed E-state index contributed by atoms with van der Waals surface area (Å²) < 4.78 is 2.52. The fourth-order valence-electron chi connectivity index (χ4n) is 1.83. The fourth-order valence-corrected chi connectivity index (χ4v) is 2.12. The van der Waals surface area contributed by atoms with E-state index in [1.54, 1.807) is 10.9 Å². The molecule has 21 heavy (non-hydrogen) atoms. The van der Waals surface area contributed by atoms with Crippen molar-refractivity contribution in [3.63, 3.8) is 0 Å². The second-order valence-corrected chi connectivity index (χ2v) is 5.38. The topological polar surface area (TPSA) is 71.8 Å². The first-order valence-electron chi connectivity index (χ1n) is 7.13. The lowest BCUT2D eigenvalue weighted by atomic mass is 10.5. The number of aromatic nitrogens is 5. The van der Waals surface area contributed by atoms with E-state index in [0.717, 1.165) is 30.5 Å². The molecule has 0 aromatic carbocycles. The average molecular weight is 354 g/mol. The van der Waals surface area contributed by atoms with Crippen LogP contribution in [0.3, 0.4) is 0 Å². The summed E-state index contributed by atoms with van der Waals surface area (Å²) in [5.74, 6) is 1.75. The van der Waals surface area contributed by atoms with Crippen LogP contribution < -0.4 is 10.2 Å². The van der Waals surface area contributed by atoms with E-state index in [1.807, 2.05) is 6.20 Å². The summed E-state index contributed by atoms with van der Waals surface area (Å²) in [6, 6.07) is 0. The maximum Gasteiger partial charge on any atom is 0.257 e. The molecule has 0 unspecified atom stereocenters. The van der Waals surface area contributed by atoms with Gasteiger partial charge in [0.1, 0.15) is 0 Å². The fraction of sp³-hybridized carbons (Fsp3) is 0.538. The molecule has 2 rings (SSSR count). The van der Waals surface area contributed by atoms with Crippen LogP contribution in [-0.4, -0.2) is 44.4 Å². The number of halogens is 1. The minimum absolute atomic E-state index is 0.510. The maximum atomic E-state index is 4.51. The predicted octanol–water partition coefficient (Wildman–Crippen LogP) is 2.49. The third kappa shape index (κ3) is 3.90. The van der Waals surface area contributed by atoms with Crippen LogP contribution in [0.4, 0.5) is 11.9 Å². The first kappa shape index (κ1) is 15.7. The molecule has 0 radical (unpaired) electrons. The highest BCUT2D eigenvalue weighted by molar-refractivity contribution is 9.10. The van der Waals surface area contributed by atoms with Crippen LogP contribution in [0.25, 0.3) is 5.95 Å². The van der Waals surface area contributed by atoms with E-state index in [-0.39, 0.29) is 0 Å². The van der Waals surface area contributed by atoms with Crippen molar-refractivity contribution >= 4 is 27.8 Å². The molecule has 2 aromatic rings. The van der Waals surface area contributed by atoms with Crippen LogP contribution in [-0.2, 0) is 0 Å². The third-order valence-corrected chi connectivity index (χ3v) is 3.36. The summed E-state index contributed by atoms with van der Waals surface area (Å²) in [6.07, 6.45) is 4.54. The number of nitrogens with one attached hydrogen (secondary N) is 1. The third-order valence-electron chi connectivity index (χ3n) is 2.95. The molecular formula is C13H20BrN7. The normalized spacial score (nSPS) is 10.7. The molecule has 2 aromatic heterocycles. The van der Waals surface area contributed by atoms with Crippen LogP contribution in [0.2, 0.25) is 0 Å². The Morgan fingerprint density at radius 3 is 2.52 bits per heavy atom. The standard InChI is InChI=1S/C13H20BrN7/c1-4-7-15-11-17-12(20(5-2)6-3)19-13(18-11)21-9-10(14)8-16-21/h8-9H,4-7H2,1-3H3,(H,15,17,18,19). The molecule has 0 atom stereocenters. The van der Waals surface area contributed by atoms with Gasteiger partial charge in [-0.25, -0.2) is 4.68 Å². The van der Waals surface area contributed by atoms with Gasteiger partial charge in [-0.05, 0) is 36.2 Å². The van der Waals surface area contributed by atoms with E-state index in [4.69, 9.17) is 0 Å². The summed E-state index contributed by atoms with van der Waals surface area (Å²) in [5.41, 5.74) is 0. The number of nitrogens with zero attached hydrogens (tertiary/aromatic N) is 6. The molecule has 0 saturated heterocycles. The lowest BCUT2D eigenvalue weighted by Crippen LogP contribution is -2.26. The van der Waals surface area contributed by atoms with E-state index in [0.29, 0.717) is 17.8 Å². The van der Waals surface area contributed by atoms with Crippen molar-refractivity contribution in [3.05, 3.63) is 16.9 Å². The molecule has 0 fully saturated rings. The van der Waals surface area contributed by atoms with E-state index >= 15 is 0 Å². The number of rotatable bonds is 7. The predicted molar refractivity (Wildman–Crippen MR) is 87.0 cm³/mol. The molecule has 2 heterocycles. The Morgan fingerprint density at radius 2 is 1.95 bits per heavy atom. The Hall–Kier alpha value is -1.70. The van der Waals surface area contributed by atoms with Gasteiger partial charge in [-0.1, -0.05) is 6.92 Å². The monoisotopic (exact) mass is 353 g/mol. The van der Waals surface area contributed by atoms with Gasteiger partial charge in [0.05, 0.1) is 10.7 Å². The second-order valence-electron chi connectivity index (χ2n) is 4.46. The Labute approximate surface area is 132 Å². The Bertz CT molecular complexity index is 580. The summed E-state index contributed by atoms with van der Waals surface area (Å²) in [7, 11) is 0. The number of hydrogen-bond donors (Lipinski definition) is 1. The smallest absolute Gasteiger partial charge is 0.257 e. The zero-order valence-electron chi connectivity index (χ0n) is 12.5. The van der Waals surface area contributed by atoms with Crippen molar-refractivity contribution in [3.8, 4) is 5.95 Å². The number of anilines is 2. The van der Waals surface area contributed by atoms with Crippen molar-refractivity contribution < 1.29 is 0 Å². The van der Waals surface area contributed by atoms with Crippen molar-refractivity contribution in [2.45, 2.75) is 27.2 Å². The quantitative estimate of drug-likeness (QED) is 0.824. The molecule has 0 bridgehead atoms. The van der Waals surface area contributed by atoms with Crippen LogP contribution >= 0.6 is 15.9 Å². The van der Waals surface area contributed by atoms with Gasteiger partial charge in [-0.15, -0.1) is 0 Å². The van der Waals surface area contributed by atoms with Gasteiger partial charge < -0.3 is 10.2 Å². The molecular weight excluding hydrogens is 334 g/mol. The van der Waals surface area contributed by atoms with Crippen molar-refractivity contribution in [1.29, 1.82) is 0 Å². The highest BCUT2D eigenvalue weighted by Gasteiger charge is 2.12. The average Bonchev–Trinajstić information content (AvgIpc) is 2.93. The first-order valence-corrected chi connectivity index (χ1v) is 7.92. The van der Waals surface area contributed by atoms with Crippen LogP contribution in [0.1, 0.15) is 27.2 Å². The highest BCUT2D eigenvalue weighted by Crippen LogP contribution is 2.15. The molecule has 114 valence electrons. The SMILES string of the molecule is CCCNc1nc(N(CC)CC)nc(-n2cc(Br)cn2)n1. The van der Waals surface area contributed by atoms with Gasteiger partial charge >= 0.3 is 0 Å². The van der Waals surface area contributed by atoms with Crippen molar-refractivity contribution in [2.24, 2.45) is 0 Å². The van der Waals surface area contributed by atoms with Crippen molar-refractivity contribution in [2.75, 3.05) is 29.9 Å². The molecule has 1 N–H and O–H groups in total. The lowest BCUT2D eigenvalue weighted by Gasteiger charge is -2.19. The van der Waals surface area contributed by atoms with Gasteiger partial charge in [0.25, 0.3) is 5.95 Å². The van der Waals surface area contributed by atoms with Gasteiger partial charge in [-0.3, -0.25) is 0 Å². The summed E-state index contributed by atoms with van der Waals surface area (Å²) in [5, 5.41) is 7.44. The molecule has 0 spiro atoms. The van der Waals surface area contributed by atoms with Gasteiger partial charge in [0, 0.05) is 25.8 Å². The second kappa shape index (κ2) is 7.35. The summed E-state index contributed by atoms with van der Waals surface area (Å²) >= 11 is 3.38. The minimum Gasteiger partial charge on any atom is -0.354 e. The van der Waals surface area contributed by atoms with Gasteiger partial charge in [-0.2, -0.15) is 20.1 Å². The maximum absolute atomic E-state index is 4.51. The lowest BCUT2D eigenvalue weighted by molar-refractivity contribution is 0.760. The Balaban J connectivity index is 2.41. The Kier molecular flexibility index (Phi) is 5.49. The zero-order valence-corrected chi connectivity index (χ0v) is 14.1. The van der Waals surface area contributed by atoms with Crippen LogP contribution in [0, 0.1) is 0 Å².